The summed E-state index contributed by atoms with van der Waals surface area (Å²) < 4.78 is 0. The van der Waals surface area contributed by atoms with Crippen LogP contribution in [0.1, 0.15) is 16.8 Å². The van der Waals surface area contributed by atoms with E-state index in [1.54, 1.807) is 0 Å². The van der Waals surface area contributed by atoms with Gasteiger partial charge in [0.1, 0.15) is 5.15 Å². The lowest BCUT2D eigenvalue weighted by Crippen LogP contribution is -2.01. The van der Waals surface area contributed by atoms with Crippen LogP contribution < -0.4 is 5.73 Å². The van der Waals surface area contributed by atoms with Gasteiger partial charge in [0.15, 0.2) is 0 Å². The molecule has 3 heteroatoms. The maximum absolute atomic E-state index is 5.83. The molecule has 0 bridgehead atoms. The third kappa shape index (κ3) is 1.70. The molecule has 0 aliphatic heterocycles. The van der Waals surface area contributed by atoms with E-state index in [4.69, 9.17) is 17.3 Å². The number of aromatic nitrogens is 1. The molecule has 0 aliphatic carbocycles. The molecule has 2 nitrogen and oxygen atoms in total. The molecule has 1 heterocycles. The number of aryl methyl sites for hydroxylation is 1. The highest BCUT2D eigenvalue weighted by molar-refractivity contribution is 6.30. The van der Waals surface area contributed by atoms with Crippen molar-refractivity contribution in [3.63, 3.8) is 0 Å². The van der Waals surface area contributed by atoms with Gasteiger partial charge in [0.05, 0.1) is 5.69 Å². The zero-order valence-electron chi connectivity index (χ0n) is 6.69. The standard InChI is InChI=1S/C8H11ClN2/c1-5-3-7(4-10)11-8(9)6(5)2/h3H,4,10H2,1-2H3. The Hall–Kier alpha value is -0.600. The summed E-state index contributed by atoms with van der Waals surface area (Å²) in [5, 5.41) is 0.561. The Balaban J connectivity index is 3.21. The van der Waals surface area contributed by atoms with Gasteiger partial charge in [-0.05, 0) is 31.0 Å². The Kier molecular flexibility index (Phi) is 2.47. The van der Waals surface area contributed by atoms with E-state index in [0.29, 0.717) is 11.7 Å². The van der Waals surface area contributed by atoms with E-state index >= 15 is 0 Å². The van der Waals surface area contributed by atoms with Crippen LogP contribution in [0.5, 0.6) is 0 Å². The molecule has 11 heavy (non-hydrogen) atoms. The summed E-state index contributed by atoms with van der Waals surface area (Å²) >= 11 is 5.83. The second-order valence-corrected chi connectivity index (χ2v) is 2.91. The first-order valence-corrected chi connectivity index (χ1v) is 3.85. The van der Waals surface area contributed by atoms with Crippen LogP contribution in [-0.4, -0.2) is 4.98 Å². The molecule has 0 saturated heterocycles. The zero-order valence-corrected chi connectivity index (χ0v) is 7.44. The second-order valence-electron chi connectivity index (χ2n) is 2.55. The predicted octanol–water partition coefficient (Wildman–Crippen LogP) is 1.81. The van der Waals surface area contributed by atoms with Gasteiger partial charge in [-0.1, -0.05) is 11.6 Å². The monoisotopic (exact) mass is 170 g/mol. The summed E-state index contributed by atoms with van der Waals surface area (Å²) in [5.41, 5.74) is 8.44. The van der Waals surface area contributed by atoms with Gasteiger partial charge in [0.25, 0.3) is 0 Å². The van der Waals surface area contributed by atoms with Gasteiger partial charge >= 0.3 is 0 Å². The summed E-state index contributed by atoms with van der Waals surface area (Å²) in [7, 11) is 0. The maximum atomic E-state index is 5.83. The summed E-state index contributed by atoms with van der Waals surface area (Å²) in [6.07, 6.45) is 0. The lowest BCUT2D eigenvalue weighted by atomic mass is 10.1. The molecule has 0 saturated carbocycles. The molecule has 1 aromatic rings. The van der Waals surface area contributed by atoms with E-state index in [2.05, 4.69) is 4.98 Å². The number of hydrogen-bond acceptors (Lipinski definition) is 2. The van der Waals surface area contributed by atoms with Gasteiger partial charge in [-0.15, -0.1) is 0 Å². The third-order valence-electron chi connectivity index (χ3n) is 1.73. The Labute approximate surface area is 71.4 Å². The average Bonchev–Trinajstić information content (AvgIpc) is 1.99. The normalized spacial score (nSPS) is 10.2. The molecule has 1 aromatic heterocycles. The highest BCUT2D eigenvalue weighted by Crippen LogP contribution is 2.16. The number of nitrogens with two attached hydrogens (primary N) is 1. The van der Waals surface area contributed by atoms with Crippen molar-refractivity contribution < 1.29 is 0 Å². The quantitative estimate of drug-likeness (QED) is 0.653. The van der Waals surface area contributed by atoms with Crippen LogP contribution in [-0.2, 0) is 6.54 Å². The van der Waals surface area contributed by atoms with E-state index in [9.17, 15) is 0 Å². The summed E-state index contributed by atoms with van der Waals surface area (Å²) in [6.45, 7) is 4.40. The number of nitrogens with zero attached hydrogens (tertiary/aromatic N) is 1. The topological polar surface area (TPSA) is 38.9 Å². The van der Waals surface area contributed by atoms with Crippen molar-refractivity contribution in [3.05, 3.63) is 28.0 Å². The predicted molar refractivity (Wildman–Crippen MR) is 46.6 cm³/mol. The lowest BCUT2D eigenvalue weighted by molar-refractivity contribution is 0.976. The first-order chi connectivity index (χ1) is 5.15. The molecule has 0 aliphatic rings. The zero-order chi connectivity index (χ0) is 8.43. The molecule has 0 aromatic carbocycles. The van der Waals surface area contributed by atoms with Crippen molar-refractivity contribution in [1.29, 1.82) is 0 Å². The minimum Gasteiger partial charge on any atom is -0.325 e. The SMILES string of the molecule is Cc1cc(CN)nc(Cl)c1C. The van der Waals surface area contributed by atoms with E-state index in [0.717, 1.165) is 16.8 Å². The lowest BCUT2D eigenvalue weighted by Gasteiger charge is -2.03. The van der Waals surface area contributed by atoms with E-state index in [1.165, 1.54) is 0 Å². The first kappa shape index (κ1) is 8.50. The maximum Gasteiger partial charge on any atom is 0.132 e. The molecule has 0 unspecified atom stereocenters. The highest BCUT2D eigenvalue weighted by Gasteiger charge is 2.01. The molecular formula is C8H11ClN2. The van der Waals surface area contributed by atoms with Crippen LogP contribution in [0, 0.1) is 13.8 Å². The Morgan fingerprint density at radius 2 is 2.18 bits per heavy atom. The van der Waals surface area contributed by atoms with Gasteiger partial charge in [-0.2, -0.15) is 0 Å². The largest absolute Gasteiger partial charge is 0.325 e. The summed E-state index contributed by atoms with van der Waals surface area (Å²) in [4.78, 5) is 4.09. The van der Waals surface area contributed by atoms with Crippen molar-refractivity contribution in [1.82, 2.24) is 4.98 Å². The smallest absolute Gasteiger partial charge is 0.132 e. The second kappa shape index (κ2) is 3.20. The molecule has 2 N–H and O–H groups in total. The first-order valence-electron chi connectivity index (χ1n) is 3.48. The molecule has 0 atom stereocenters. The Morgan fingerprint density at radius 3 is 2.64 bits per heavy atom. The van der Waals surface area contributed by atoms with Crippen LogP contribution in [0.2, 0.25) is 5.15 Å². The number of hydrogen-bond donors (Lipinski definition) is 1. The average molecular weight is 171 g/mol. The van der Waals surface area contributed by atoms with Gasteiger partial charge < -0.3 is 5.73 Å². The number of rotatable bonds is 1. The fourth-order valence-electron chi connectivity index (χ4n) is 0.868. The van der Waals surface area contributed by atoms with Crippen LogP contribution in [0.25, 0.3) is 0 Å². The molecule has 0 fully saturated rings. The van der Waals surface area contributed by atoms with Crippen LogP contribution in [0.3, 0.4) is 0 Å². The molecule has 60 valence electrons. The summed E-state index contributed by atoms with van der Waals surface area (Å²) in [5.74, 6) is 0. The summed E-state index contributed by atoms with van der Waals surface area (Å²) in [6, 6.07) is 1.96. The minimum absolute atomic E-state index is 0.445. The van der Waals surface area contributed by atoms with Crippen LogP contribution >= 0.6 is 11.6 Å². The van der Waals surface area contributed by atoms with E-state index in [-0.39, 0.29) is 0 Å². The third-order valence-corrected chi connectivity index (χ3v) is 2.10. The number of pyridine rings is 1. The minimum atomic E-state index is 0.445. The molecule has 0 amide bonds. The van der Waals surface area contributed by atoms with Gasteiger partial charge in [0, 0.05) is 6.54 Å². The van der Waals surface area contributed by atoms with Gasteiger partial charge in [0.2, 0.25) is 0 Å². The van der Waals surface area contributed by atoms with Crippen molar-refractivity contribution in [2.24, 2.45) is 5.73 Å². The Bertz CT molecular complexity index is 248. The molecule has 0 radical (unpaired) electrons. The van der Waals surface area contributed by atoms with Crippen molar-refractivity contribution >= 4 is 11.6 Å². The number of halogens is 1. The fourth-order valence-corrected chi connectivity index (χ4v) is 1.13. The van der Waals surface area contributed by atoms with Crippen molar-refractivity contribution in [2.75, 3.05) is 0 Å². The van der Waals surface area contributed by atoms with Crippen LogP contribution in [0.4, 0.5) is 0 Å². The van der Waals surface area contributed by atoms with Gasteiger partial charge in [-0.25, -0.2) is 4.98 Å². The molecular weight excluding hydrogens is 160 g/mol. The van der Waals surface area contributed by atoms with E-state index in [1.807, 2.05) is 19.9 Å². The fraction of sp³-hybridized carbons (Fsp3) is 0.375. The Morgan fingerprint density at radius 1 is 1.55 bits per heavy atom. The van der Waals surface area contributed by atoms with Crippen molar-refractivity contribution in [3.8, 4) is 0 Å². The van der Waals surface area contributed by atoms with E-state index < -0.39 is 0 Å². The van der Waals surface area contributed by atoms with Gasteiger partial charge in [-0.3, -0.25) is 0 Å². The molecule has 1 rings (SSSR count). The highest BCUT2D eigenvalue weighted by atomic mass is 35.5. The molecule has 0 spiro atoms. The van der Waals surface area contributed by atoms with Crippen LogP contribution in [0.15, 0.2) is 6.07 Å². The van der Waals surface area contributed by atoms with Crippen molar-refractivity contribution in [2.45, 2.75) is 20.4 Å².